The van der Waals surface area contributed by atoms with Crippen molar-refractivity contribution in [3.63, 3.8) is 0 Å². The van der Waals surface area contributed by atoms with Gasteiger partial charge >= 0.3 is 0 Å². The fourth-order valence-corrected chi connectivity index (χ4v) is 2.75. The summed E-state index contributed by atoms with van der Waals surface area (Å²) in [5, 5.41) is 0. The van der Waals surface area contributed by atoms with Gasteiger partial charge in [0.2, 0.25) is 0 Å². The summed E-state index contributed by atoms with van der Waals surface area (Å²) in [6, 6.07) is 1.84. The molecule has 5 heteroatoms. The van der Waals surface area contributed by atoms with Crippen LogP contribution in [-0.2, 0) is 0 Å². The van der Waals surface area contributed by atoms with Crippen LogP contribution in [0, 0.1) is 5.92 Å². The Bertz CT molecular complexity index is 405. The van der Waals surface area contributed by atoms with Crippen molar-refractivity contribution in [2.75, 3.05) is 13.1 Å². The predicted molar refractivity (Wildman–Crippen MR) is 68.7 cm³/mol. The van der Waals surface area contributed by atoms with E-state index < -0.39 is 0 Å². The summed E-state index contributed by atoms with van der Waals surface area (Å²) in [5.74, 6) is 0.647. The van der Waals surface area contributed by atoms with Crippen LogP contribution in [0.25, 0.3) is 0 Å². The number of piperidine rings is 1. The molecule has 2 N–H and O–H groups in total. The maximum Gasteiger partial charge on any atom is 0.258 e. The third kappa shape index (κ3) is 2.55. The molecule has 1 saturated heterocycles. The molecule has 4 nitrogen and oxygen atoms in total. The first-order chi connectivity index (χ1) is 8.13. The molecule has 1 aromatic rings. The topological polar surface area (TPSA) is 59.5 Å². The highest BCUT2D eigenvalue weighted by molar-refractivity contribution is 9.10. The lowest BCUT2D eigenvalue weighted by Gasteiger charge is -2.37. The van der Waals surface area contributed by atoms with E-state index in [1.165, 1.54) is 6.26 Å². The minimum atomic E-state index is 0.00738. The zero-order chi connectivity index (χ0) is 12.4. The summed E-state index contributed by atoms with van der Waals surface area (Å²) >= 11 is 3.24. The Morgan fingerprint density at radius 2 is 2.47 bits per heavy atom. The van der Waals surface area contributed by atoms with Crippen LogP contribution >= 0.6 is 15.9 Å². The van der Waals surface area contributed by atoms with Crippen LogP contribution < -0.4 is 5.73 Å². The van der Waals surface area contributed by atoms with Gasteiger partial charge in [0, 0.05) is 19.1 Å². The van der Waals surface area contributed by atoms with E-state index in [1.54, 1.807) is 6.07 Å². The van der Waals surface area contributed by atoms with Crippen molar-refractivity contribution in [2.24, 2.45) is 11.7 Å². The van der Waals surface area contributed by atoms with Crippen LogP contribution in [0.3, 0.4) is 0 Å². The second-order valence-corrected chi connectivity index (χ2v) is 5.35. The predicted octanol–water partition coefficient (Wildman–Crippen LogP) is 2.24. The van der Waals surface area contributed by atoms with Gasteiger partial charge in [-0.3, -0.25) is 4.79 Å². The van der Waals surface area contributed by atoms with Gasteiger partial charge in [-0.25, -0.2) is 0 Å². The van der Waals surface area contributed by atoms with Crippen molar-refractivity contribution in [1.82, 2.24) is 4.90 Å². The number of nitrogens with two attached hydrogens (primary N) is 1. The van der Waals surface area contributed by atoms with E-state index in [0.717, 1.165) is 19.4 Å². The third-order valence-corrected chi connectivity index (χ3v) is 3.97. The fourth-order valence-electron chi connectivity index (χ4n) is 2.34. The Balaban J connectivity index is 2.16. The molecule has 0 spiro atoms. The molecule has 2 heterocycles. The maximum atomic E-state index is 12.3. The van der Waals surface area contributed by atoms with Crippen molar-refractivity contribution in [3.8, 4) is 0 Å². The normalized spacial score (nSPS) is 25.0. The van der Waals surface area contributed by atoms with E-state index >= 15 is 0 Å². The quantitative estimate of drug-likeness (QED) is 0.911. The molecular formula is C12H17BrN2O2. The molecule has 0 bridgehead atoms. The highest BCUT2D eigenvalue weighted by Crippen LogP contribution is 2.26. The van der Waals surface area contributed by atoms with Crippen LogP contribution in [0.2, 0.25) is 0 Å². The average molecular weight is 301 g/mol. The molecule has 1 amide bonds. The number of carbonyl (C=O) groups excluding carboxylic acids is 1. The molecule has 0 radical (unpaired) electrons. The monoisotopic (exact) mass is 300 g/mol. The van der Waals surface area contributed by atoms with E-state index in [0.29, 0.717) is 22.7 Å². The van der Waals surface area contributed by atoms with Crippen molar-refractivity contribution in [1.29, 1.82) is 0 Å². The van der Waals surface area contributed by atoms with Crippen LogP contribution in [0.1, 0.15) is 30.1 Å². The second-order valence-electron chi connectivity index (χ2n) is 4.63. The Hall–Kier alpha value is -0.810. The molecule has 1 fully saturated rings. The zero-order valence-electron chi connectivity index (χ0n) is 9.86. The largest absolute Gasteiger partial charge is 0.457 e. The van der Waals surface area contributed by atoms with Crippen LogP contribution in [-0.4, -0.2) is 29.9 Å². The van der Waals surface area contributed by atoms with Crippen LogP contribution in [0.15, 0.2) is 21.4 Å². The van der Waals surface area contributed by atoms with Crippen LogP contribution in [0.4, 0.5) is 0 Å². The highest BCUT2D eigenvalue weighted by Gasteiger charge is 2.30. The van der Waals surface area contributed by atoms with Crippen molar-refractivity contribution < 1.29 is 9.21 Å². The first-order valence-corrected chi connectivity index (χ1v) is 6.66. The SMILES string of the molecule is CC1CCN(C(=O)c2ccoc2Br)C(CN)C1. The molecule has 2 atom stereocenters. The average Bonchev–Trinajstić information content (AvgIpc) is 2.74. The smallest absolute Gasteiger partial charge is 0.258 e. The molecule has 2 rings (SSSR count). The lowest BCUT2D eigenvalue weighted by molar-refractivity contribution is 0.0571. The summed E-state index contributed by atoms with van der Waals surface area (Å²) in [6.07, 6.45) is 3.54. The minimum Gasteiger partial charge on any atom is -0.457 e. The van der Waals surface area contributed by atoms with E-state index in [9.17, 15) is 4.79 Å². The number of nitrogens with zero attached hydrogens (tertiary/aromatic N) is 1. The van der Waals surface area contributed by atoms with Crippen LogP contribution in [0.5, 0.6) is 0 Å². The highest BCUT2D eigenvalue weighted by atomic mass is 79.9. The Morgan fingerprint density at radius 3 is 3.06 bits per heavy atom. The first kappa shape index (κ1) is 12.6. The van der Waals surface area contributed by atoms with Gasteiger partial charge in [0.1, 0.15) is 0 Å². The molecule has 17 heavy (non-hydrogen) atoms. The number of furan rings is 1. The lowest BCUT2D eigenvalue weighted by atomic mass is 9.92. The summed E-state index contributed by atoms with van der Waals surface area (Å²) in [4.78, 5) is 14.2. The molecule has 1 aromatic heterocycles. The number of carbonyl (C=O) groups is 1. The Kier molecular flexibility index (Phi) is 3.89. The number of halogens is 1. The van der Waals surface area contributed by atoms with Crippen molar-refractivity contribution in [2.45, 2.75) is 25.8 Å². The van der Waals surface area contributed by atoms with E-state index in [1.807, 2.05) is 4.90 Å². The van der Waals surface area contributed by atoms with Gasteiger partial charge in [-0.05, 0) is 40.8 Å². The summed E-state index contributed by atoms with van der Waals surface area (Å²) in [5.41, 5.74) is 6.34. The molecule has 1 aliphatic heterocycles. The van der Waals surface area contributed by atoms with Gasteiger partial charge in [0.25, 0.3) is 5.91 Å². The molecule has 94 valence electrons. The number of amides is 1. The number of rotatable bonds is 2. The van der Waals surface area contributed by atoms with Gasteiger partial charge in [0.05, 0.1) is 11.8 Å². The molecule has 1 aliphatic rings. The Labute approximate surface area is 109 Å². The first-order valence-electron chi connectivity index (χ1n) is 5.87. The minimum absolute atomic E-state index is 0.00738. The number of hydrogen-bond acceptors (Lipinski definition) is 3. The van der Waals surface area contributed by atoms with E-state index in [4.69, 9.17) is 10.2 Å². The summed E-state index contributed by atoms with van der Waals surface area (Å²) in [6.45, 7) is 3.50. The van der Waals surface area contributed by atoms with E-state index in [2.05, 4.69) is 22.9 Å². The second kappa shape index (κ2) is 5.23. The molecule has 2 unspecified atom stereocenters. The van der Waals surface area contributed by atoms with E-state index in [-0.39, 0.29) is 11.9 Å². The number of likely N-dealkylation sites (tertiary alicyclic amines) is 1. The third-order valence-electron chi connectivity index (χ3n) is 3.36. The lowest BCUT2D eigenvalue weighted by Crippen LogP contribution is -2.49. The fraction of sp³-hybridized carbons (Fsp3) is 0.583. The van der Waals surface area contributed by atoms with Crippen molar-refractivity contribution in [3.05, 3.63) is 22.6 Å². The Morgan fingerprint density at radius 1 is 1.71 bits per heavy atom. The molecule has 0 aliphatic carbocycles. The maximum absolute atomic E-state index is 12.3. The number of hydrogen-bond donors (Lipinski definition) is 1. The standard InChI is InChI=1S/C12H17BrN2O2/c1-8-2-4-15(9(6-8)7-14)12(16)10-3-5-17-11(10)13/h3,5,8-9H,2,4,6-7,14H2,1H3. The van der Waals surface area contributed by atoms with Gasteiger partial charge in [0.15, 0.2) is 4.67 Å². The molecule has 0 saturated carbocycles. The van der Waals surface area contributed by atoms with Crippen molar-refractivity contribution >= 4 is 21.8 Å². The summed E-state index contributed by atoms with van der Waals surface area (Å²) < 4.78 is 5.60. The summed E-state index contributed by atoms with van der Waals surface area (Å²) in [7, 11) is 0. The molecular weight excluding hydrogens is 284 g/mol. The van der Waals surface area contributed by atoms with Gasteiger partial charge in [-0.15, -0.1) is 0 Å². The van der Waals surface area contributed by atoms with Gasteiger partial charge in [-0.2, -0.15) is 0 Å². The zero-order valence-corrected chi connectivity index (χ0v) is 11.4. The van der Waals surface area contributed by atoms with Gasteiger partial charge in [-0.1, -0.05) is 6.92 Å². The molecule has 0 aromatic carbocycles. The van der Waals surface area contributed by atoms with Gasteiger partial charge < -0.3 is 15.1 Å².